The zero-order valence-electron chi connectivity index (χ0n) is 46.4. The Morgan fingerprint density at radius 3 is 1.49 bits per heavy atom. The number of rotatable bonds is 9. The first-order chi connectivity index (χ1) is 39.0. The standard InChI is InChI=1S/C33H38ClN5O3.C29H32ClN5O3S/c1-33(2,3)42-32(41)38-15-10-22(11-16-38)29-26-9-8-24(34)18-23(26)19-28(27-7-4-12-36-30(27)29)31(40)39-14-5-6-25(39)20-37-17-13-35-21-37;1-39(37,38)34-13-8-20(9-14-34)27-24-7-6-22(30)16-21(24)17-26(25-5-2-10-32-28(25)27)29(36)35-12-3-4-23(35)18-33-15-11-31-19-33/h4,7-9,12-13,17-19,21-22,25,29H,5-6,10-11,14-16,20H2,1-3H3;2,5-7,10-11,15-17,19-20,23,27H,3-4,8-9,12-14,18H2,1H3/t25-,29?;23-,27?/m00/s1. The largest absolute Gasteiger partial charge is 0.444 e. The number of piperidine rings is 2. The second-order valence-electron chi connectivity index (χ2n) is 23.4. The second kappa shape index (κ2) is 23.7. The van der Waals surface area contributed by atoms with E-state index in [1.54, 1.807) is 29.2 Å². The number of pyridine rings is 2. The summed E-state index contributed by atoms with van der Waals surface area (Å²) in [5.74, 6) is 0.345. The number of hydrogen-bond donors (Lipinski definition) is 0. The van der Waals surface area contributed by atoms with Crippen molar-refractivity contribution in [2.24, 2.45) is 11.8 Å². The van der Waals surface area contributed by atoms with Crippen LogP contribution in [0.3, 0.4) is 0 Å². The predicted octanol–water partition coefficient (Wildman–Crippen LogP) is 10.5. The average molecular weight is 1150 g/mol. The first-order valence-corrected chi connectivity index (χ1v) is 31.0. The highest BCUT2D eigenvalue weighted by molar-refractivity contribution is 7.88. The van der Waals surface area contributed by atoms with Crippen molar-refractivity contribution in [1.82, 2.24) is 48.1 Å². The molecule has 6 aliphatic rings. The summed E-state index contributed by atoms with van der Waals surface area (Å²) in [6.45, 7) is 10.7. The molecule has 8 heterocycles. The van der Waals surface area contributed by atoms with Gasteiger partial charge in [0, 0.05) is 146 Å². The minimum Gasteiger partial charge on any atom is -0.444 e. The van der Waals surface area contributed by atoms with E-state index < -0.39 is 15.6 Å². The summed E-state index contributed by atoms with van der Waals surface area (Å²) in [5, 5.41) is 1.24. The fourth-order valence-corrected chi connectivity index (χ4v) is 14.5. The van der Waals surface area contributed by atoms with Crippen molar-refractivity contribution in [2.45, 2.75) is 115 Å². The molecule has 4 saturated heterocycles. The van der Waals surface area contributed by atoms with Gasteiger partial charge in [-0.15, -0.1) is 0 Å². The summed E-state index contributed by atoms with van der Waals surface area (Å²) >= 11 is 13.0. The molecule has 0 radical (unpaired) electrons. The monoisotopic (exact) mass is 1150 g/mol. The maximum absolute atomic E-state index is 14.4. The van der Waals surface area contributed by atoms with Crippen LogP contribution < -0.4 is 0 Å². The molecule has 0 spiro atoms. The van der Waals surface area contributed by atoms with E-state index in [2.05, 4.69) is 16.0 Å². The van der Waals surface area contributed by atoms with E-state index >= 15 is 0 Å². The molecule has 2 aliphatic carbocycles. The molecule has 6 aromatic rings. The van der Waals surface area contributed by atoms with Gasteiger partial charge in [0.05, 0.1) is 30.3 Å². The molecule has 4 atom stereocenters. The van der Waals surface area contributed by atoms with Gasteiger partial charge >= 0.3 is 6.09 Å². The van der Waals surface area contributed by atoms with E-state index in [0.29, 0.717) is 60.5 Å². The Morgan fingerprint density at radius 2 is 1.07 bits per heavy atom. The maximum Gasteiger partial charge on any atom is 0.410 e. The third-order valence-corrected chi connectivity index (χ3v) is 18.8. The Labute approximate surface area is 484 Å². The van der Waals surface area contributed by atoms with Gasteiger partial charge in [0.1, 0.15) is 5.60 Å². The van der Waals surface area contributed by atoms with Gasteiger partial charge in [-0.3, -0.25) is 19.6 Å². The minimum absolute atomic E-state index is 0.00494. The summed E-state index contributed by atoms with van der Waals surface area (Å²) in [7, 11) is -3.23. The Morgan fingerprint density at radius 1 is 0.617 bits per heavy atom. The zero-order valence-corrected chi connectivity index (χ0v) is 48.7. The van der Waals surface area contributed by atoms with Crippen molar-refractivity contribution >= 4 is 74.4 Å². The van der Waals surface area contributed by atoms with Gasteiger partial charge in [0.15, 0.2) is 0 Å². The molecule has 2 aromatic carbocycles. The number of carbonyl (C=O) groups is 3. The summed E-state index contributed by atoms with van der Waals surface area (Å²) in [6.07, 6.45) is 26.5. The molecule has 16 nitrogen and oxygen atoms in total. The Bertz CT molecular complexity index is 3460. The van der Waals surface area contributed by atoms with Crippen molar-refractivity contribution in [2.75, 3.05) is 45.5 Å². The lowest BCUT2D eigenvalue weighted by atomic mass is 9.76. The van der Waals surface area contributed by atoms with E-state index in [0.717, 1.165) is 109 Å². The molecule has 19 heteroatoms. The highest BCUT2D eigenvalue weighted by Crippen LogP contribution is 2.48. The number of aromatic nitrogens is 6. The minimum atomic E-state index is -3.23. The van der Waals surface area contributed by atoms with Gasteiger partial charge in [-0.1, -0.05) is 47.5 Å². The van der Waals surface area contributed by atoms with Gasteiger partial charge in [-0.05, 0) is 155 Å². The third kappa shape index (κ3) is 12.3. The van der Waals surface area contributed by atoms with Gasteiger partial charge in [-0.2, -0.15) is 0 Å². The van der Waals surface area contributed by atoms with Gasteiger partial charge in [0.2, 0.25) is 10.0 Å². The highest BCUT2D eigenvalue weighted by atomic mass is 35.5. The Kier molecular flexibility index (Phi) is 16.4. The van der Waals surface area contributed by atoms with E-state index in [-0.39, 0.29) is 53.7 Å². The van der Waals surface area contributed by atoms with Crippen molar-refractivity contribution < 1.29 is 27.5 Å². The lowest BCUT2D eigenvalue weighted by Crippen LogP contribution is -2.42. The fraction of sp³-hybridized carbons (Fsp3) is 0.435. The van der Waals surface area contributed by atoms with Crippen LogP contribution in [0.2, 0.25) is 10.0 Å². The van der Waals surface area contributed by atoms with E-state index in [4.69, 9.17) is 37.9 Å². The van der Waals surface area contributed by atoms with E-state index in [1.807, 2.05) is 136 Å². The summed E-state index contributed by atoms with van der Waals surface area (Å²) in [5.41, 5.74) is 8.35. The van der Waals surface area contributed by atoms with Crippen molar-refractivity contribution in [1.29, 1.82) is 0 Å². The molecule has 0 N–H and O–H groups in total. The smallest absolute Gasteiger partial charge is 0.410 e. The number of amides is 3. The lowest BCUT2D eigenvalue weighted by Gasteiger charge is -2.37. The molecule has 2 unspecified atom stereocenters. The first kappa shape index (κ1) is 56.2. The summed E-state index contributed by atoms with van der Waals surface area (Å²) in [4.78, 5) is 65.4. The van der Waals surface area contributed by atoms with Crippen LogP contribution in [0.5, 0.6) is 0 Å². The molecule has 0 bridgehead atoms. The molecule has 4 fully saturated rings. The predicted molar refractivity (Wildman–Crippen MR) is 314 cm³/mol. The molecule has 3 amide bonds. The normalized spacial score (nSPS) is 21.5. The number of likely N-dealkylation sites (tertiary alicyclic amines) is 3. The number of nitrogens with zero attached hydrogens (tertiary/aromatic N) is 10. The molecular formula is C62H70Cl2N10O6S. The summed E-state index contributed by atoms with van der Waals surface area (Å²) in [6, 6.07) is 19.9. The fourth-order valence-electron chi connectivity index (χ4n) is 13.2. The van der Waals surface area contributed by atoms with E-state index in [9.17, 15) is 22.8 Å². The maximum atomic E-state index is 14.4. The SMILES string of the molecule is CC(C)(C)OC(=O)N1CCC(C2c3ccc(Cl)cc3C=C(C(=O)N3CCC[C@H]3Cn3ccnc3)c3cccnc32)CC1.CS(=O)(=O)N1CCC(C2c3ccc(Cl)cc3C=C(C(=O)N3CCC[C@H]3Cn3ccnc3)c3cccnc32)CC1. The van der Waals surface area contributed by atoms with E-state index in [1.165, 1.54) is 6.26 Å². The Hall–Kier alpha value is -6.66. The number of benzene rings is 2. The molecular weight excluding hydrogens is 1080 g/mol. The molecule has 0 saturated carbocycles. The number of halogens is 2. The van der Waals surface area contributed by atoms with Gasteiger partial charge in [-0.25, -0.2) is 27.5 Å². The number of fused-ring (bicyclic) bond motifs is 4. The van der Waals surface area contributed by atoms with Crippen molar-refractivity contribution in [3.63, 3.8) is 0 Å². The molecule has 12 rings (SSSR count). The van der Waals surface area contributed by atoms with Crippen LogP contribution in [0.15, 0.2) is 110 Å². The molecule has 4 aliphatic heterocycles. The number of imidazole rings is 2. The highest BCUT2D eigenvalue weighted by Gasteiger charge is 2.41. The van der Waals surface area contributed by atoms with Crippen LogP contribution in [0.1, 0.15) is 129 Å². The lowest BCUT2D eigenvalue weighted by molar-refractivity contribution is -0.126. The first-order valence-electron chi connectivity index (χ1n) is 28.4. The molecule has 4 aromatic heterocycles. The van der Waals surface area contributed by atoms with Crippen LogP contribution in [-0.2, 0) is 37.4 Å². The van der Waals surface area contributed by atoms with Gasteiger partial charge in [0.25, 0.3) is 11.8 Å². The van der Waals surface area contributed by atoms with Gasteiger partial charge < -0.3 is 28.6 Å². The Balaban J connectivity index is 0.000000171. The zero-order chi connectivity index (χ0) is 56.6. The van der Waals surface area contributed by atoms with Crippen LogP contribution in [0.25, 0.3) is 23.3 Å². The second-order valence-corrected chi connectivity index (χ2v) is 26.3. The van der Waals surface area contributed by atoms with Crippen LogP contribution in [-0.4, -0.2) is 138 Å². The number of sulfonamides is 1. The molecule has 81 heavy (non-hydrogen) atoms. The quantitative estimate of drug-likeness (QED) is 0.136. The number of ether oxygens (including phenoxy) is 1. The molecule has 424 valence electrons. The number of carbonyl (C=O) groups excluding carboxylic acids is 3. The average Bonchev–Trinajstić information content (AvgIpc) is 4.36. The third-order valence-electron chi connectivity index (χ3n) is 17.0. The van der Waals surface area contributed by atoms with Crippen molar-refractivity contribution in [3.05, 3.63) is 165 Å². The van der Waals surface area contributed by atoms with Crippen LogP contribution in [0.4, 0.5) is 4.79 Å². The number of hydrogen-bond acceptors (Lipinski definition) is 10. The summed E-state index contributed by atoms with van der Waals surface area (Å²) < 4.78 is 35.6. The van der Waals surface area contributed by atoms with Crippen LogP contribution >= 0.6 is 23.2 Å². The van der Waals surface area contributed by atoms with Crippen molar-refractivity contribution in [3.8, 4) is 0 Å². The van der Waals surface area contributed by atoms with Crippen LogP contribution in [0, 0.1) is 11.8 Å². The topological polar surface area (TPSA) is 169 Å².